The van der Waals surface area contributed by atoms with Crippen molar-refractivity contribution in [1.29, 1.82) is 0 Å². The summed E-state index contributed by atoms with van der Waals surface area (Å²) in [6.07, 6.45) is 15.7. The molecule has 416 valence electrons. The Morgan fingerprint density at radius 2 is 1.01 bits per heavy atom. The highest BCUT2D eigenvalue weighted by atomic mass is 16.1. The van der Waals surface area contributed by atoms with Crippen molar-refractivity contribution >= 4 is 49.8 Å². The first-order valence-electron chi connectivity index (χ1n) is 27.3. The van der Waals surface area contributed by atoms with Gasteiger partial charge in [-0.15, -0.1) is 0 Å². The molecule has 0 aromatic carbocycles. The Morgan fingerprint density at radius 3 is 1.49 bits per heavy atom. The van der Waals surface area contributed by atoms with E-state index < -0.39 is 0 Å². The number of aryl methyl sites for hydroxylation is 13. The van der Waals surface area contributed by atoms with E-state index in [-0.39, 0.29) is 5.56 Å². The average Bonchev–Trinajstić information content (AvgIpc) is 4.22. The first kappa shape index (κ1) is 60.9. The number of H-pyrrole nitrogens is 1. The van der Waals surface area contributed by atoms with Crippen LogP contribution in [0.1, 0.15) is 127 Å². The van der Waals surface area contributed by atoms with E-state index in [0.717, 1.165) is 143 Å². The van der Waals surface area contributed by atoms with Gasteiger partial charge in [-0.1, -0.05) is 75.1 Å². The molecule has 17 heteroatoms. The molecule has 0 bridgehead atoms. The summed E-state index contributed by atoms with van der Waals surface area (Å²) in [7, 11) is 12.0. The van der Waals surface area contributed by atoms with Gasteiger partial charge in [0.1, 0.15) is 57.5 Å². The smallest absolute Gasteiger partial charge is 0.260 e. The van der Waals surface area contributed by atoms with E-state index >= 15 is 0 Å². The van der Waals surface area contributed by atoms with Crippen molar-refractivity contribution in [3.05, 3.63) is 159 Å². The molecule has 0 amide bonds. The standard InChI is InChI=1S/C12H17N3.C11H15N3O.2C10H13N3.2C9H14N2/c1-5-9-7-10-8(3)13-11(6-2)14-12(10)15(9)4;1-4-7-6-8-10(14(7)3)12-9(5-2)13-11(8)15;2*1-4-9-8-5-6-13(3)10(8)12-7(2)11-9;2*1-5-9-6-11(4)8(3)10-7(9)2/h7H,5-6H2,1-4H3;6H,4-5H2,1-3H3,(H,12,13,15);2*5-6H,4H2,1-3H3;6H,3,5H2,1-2,4H3;6,10H,2-3,5H2,1,4H3. The molecule has 0 saturated heterocycles. The maximum atomic E-state index is 11.7. The molecular formula is C61H86N16O. The van der Waals surface area contributed by atoms with Crippen LogP contribution in [0.4, 0.5) is 0 Å². The zero-order valence-electron chi connectivity index (χ0n) is 50.1. The summed E-state index contributed by atoms with van der Waals surface area (Å²) in [6.45, 7) is 36.3. The fourth-order valence-corrected chi connectivity index (χ4v) is 9.06. The number of rotatable bonds is 8. The largest absolute Gasteiger partial charge is 0.342 e. The Hall–Kier alpha value is -7.95. The second kappa shape index (κ2) is 27.4. The molecule has 0 radical (unpaired) electrons. The van der Waals surface area contributed by atoms with Crippen molar-refractivity contribution < 1.29 is 0 Å². The zero-order chi connectivity index (χ0) is 57.7. The van der Waals surface area contributed by atoms with Gasteiger partial charge in [-0.3, -0.25) is 4.79 Å². The number of nitrogens with zero attached hydrogens (tertiary/aromatic N) is 14. The molecule has 8 aromatic heterocycles. The summed E-state index contributed by atoms with van der Waals surface area (Å²) in [5.41, 5.74) is 14.3. The highest BCUT2D eigenvalue weighted by molar-refractivity contribution is 5.99. The molecule has 0 spiro atoms. The van der Waals surface area contributed by atoms with Gasteiger partial charge in [0, 0.05) is 119 Å². The van der Waals surface area contributed by atoms with Crippen molar-refractivity contribution in [3.8, 4) is 0 Å². The molecule has 17 nitrogen and oxygen atoms in total. The second-order valence-corrected chi connectivity index (χ2v) is 19.4. The molecule has 8 aromatic rings. The molecule has 2 aliphatic heterocycles. The Morgan fingerprint density at radius 1 is 0.513 bits per heavy atom. The van der Waals surface area contributed by atoms with Gasteiger partial charge in [-0.2, -0.15) is 0 Å². The number of aromatic amines is 1. The highest BCUT2D eigenvalue weighted by Crippen LogP contribution is 2.22. The van der Waals surface area contributed by atoms with Crippen LogP contribution in [0.3, 0.4) is 0 Å². The third-order valence-corrected chi connectivity index (χ3v) is 13.9. The molecular weight excluding hydrogens is 973 g/mol. The monoisotopic (exact) mass is 1060 g/mol. The van der Waals surface area contributed by atoms with E-state index in [1.165, 1.54) is 33.0 Å². The molecule has 78 heavy (non-hydrogen) atoms. The van der Waals surface area contributed by atoms with Gasteiger partial charge in [-0.05, 0) is 102 Å². The number of aromatic nitrogens is 12. The number of allylic oxidation sites excluding steroid dienone is 2. The molecule has 2 aliphatic rings. The van der Waals surface area contributed by atoms with E-state index in [1.807, 2.05) is 105 Å². The predicted octanol–water partition coefficient (Wildman–Crippen LogP) is 11.4. The third-order valence-electron chi connectivity index (χ3n) is 13.9. The lowest BCUT2D eigenvalue weighted by Crippen LogP contribution is -2.29. The Kier molecular flexibility index (Phi) is 21.4. The summed E-state index contributed by atoms with van der Waals surface area (Å²) < 4.78 is 8.22. The number of fused-ring (bicyclic) bond motifs is 4. The van der Waals surface area contributed by atoms with Crippen LogP contribution >= 0.6 is 0 Å². The fraction of sp³-hybridized carbons (Fsp3) is 0.426. The van der Waals surface area contributed by atoms with Crippen LogP contribution in [0.15, 0.2) is 107 Å². The lowest BCUT2D eigenvalue weighted by Gasteiger charge is -2.27. The average molecular weight is 1060 g/mol. The van der Waals surface area contributed by atoms with Crippen LogP contribution in [-0.2, 0) is 66.7 Å². The van der Waals surface area contributed by atoms with Crippen molar-refractivity contribution in [2.75, 3.05) is 14.1 Å². The topological polar surface area (TPSA) is 174 Å². The quantitative estimate of drug-likeness (QED) is 0.148. The maximum Gasteiger partial charge on any atom is 0.260 e. The van der Waals surface area contributed by atoms with Gasteiger partial charge >= 0.3 is 0 Å². The number of aliphatic imine (C=N–C) groups is 1. The molecule has 0 saturated carbocycles. The first-order chi connectivity index (χ1) is 37.1. The van der Waals surface area contributed by atoms with Crippen LogP contribution in [-0.4, -0.2) is 87.7 Å². The minimum absolute atomic E-state index is 0.0350. The summed E-state index contributed by atoms with van der Waals surface area (Å²) in [5.74, 6) is 5.09. The van der Waals surface area contributed by atoms with Gasteiger partial charge in [0.15, 0.2) is 0 Å². The third kappa shape index (κ3) is 14.3. The number of nitrogens with one attached hydrogen (secondary N) is 2. The lowest BCUT2D eigenvalue weighted by atomic mass is 10.1. The van der Waals surface area contributed by atoms with E-state index in [2.05, 4.69) is 168 Å². The van der Waals surface area contributed by atoms with E-state index in [9.17, 15) is 4.79 Å². The van der Waals surface area contributed by atoms with Crippen LogP contribution in [0.25, 0.3) is 44.1 Å². The van der Waals surface area contributed by atoms with Gasteiger partial charge < -0.3 is 38.4 Å². The molecule has 0 unspecified atom stereocenters. The van der Waals surface area contributed by atoms with E-state index in [4.69, 9.17) is 0 Å². The molecule has 0 fully saturated rings. The van der Waals surface area contributed by atoms with Crippen molar-refractivity contribution in [3.63, 3.8) is 0 Å². The van der Waals surface area contributed by atoms with E-state index in [0.29, 0.717) is 5.39 Å². The first-order valence-corrected chi connectivity index (χ1v) is 27.3. The molecule has 10 heterocycles. The summed E-state index contributed by atoms with van der Waals surface area (Å²) in [6, 6.07) is 8.27. The number of hydrogen-bond donors (Lipinski definition) is 2. The van der Waals surface area contributed by atoms with Gasteiger partial charge in [-0.25, -0.2) is 39.9 Å². The zero-order valence-corrected chi connectivity index (χ0v) is 50.1. The Balaban J connectivity index is 0.000000173. The van der Waals surface area contributed by atoms with E-state index in [1.54, 1.807) is 0 Å². The Bertz CT molecular complexity index is 3490. The highest BCUT2D eigenvalue weighted by Gasteiger charge is 2.14. The minimum atomic E-state index is -0.0350. The molecule has 2 N–H and O–H groups in total. The Labute approximate surface area is 462 Å². The van der Waals surface area contributed by atoms with Gasteiger partial charge in [0.05, 0.1) is 22.5 Å². The minimum Gasteiger partial charge on any atom is -0.342 e. The van der Waals surface area contributed by atoms with Crippen LogP contribution in [0.2, 0.25) is 0 Å². The molecule has 0 atom stereocenters. The number of hydrogen-bond acceptors (Lipinski definition) is 12. The maximum absolute atomic E-state index is 11.7. The summed E-state index contributed by atoms with van der Waals surface area (Å²) in [4.78, 5) is 53.8. The molecule has 10 rings (SSSR count). The second-order valence-electron chi connectivity index (χ2n) is 19.4. The van der Waals surface area contributed by atoms with Crippen LogP contribution in [0, 0.1) is 20.8 Å². The normalized spacial score (nSPS) is 13.1. The SMILES string of the molecule is C=C1N=C(C)C(CC)=CN1C.C=C1NC(=C)N(C)C=C1CC.CCc1nc(C)c2cc(CC)n(C)c2n1.CCc1nc(C)nc2c1ccn2C.CCc1nc(C)nc2c1ccn2C.CCc1nc2c(cc(CC)n2C)c(=O)[nH]1. The van der Waals surface area contributed by atoms with Crippen LogP contribution in [0.5, 0.6) is 0 Å². The van der Waals surface area contributed by atoms with Crippen molar-refractivity contribution in [1.82, 2.24) is 73.3 Å². The van der Waals surface area contributed by atoms with Gasteiger partial charge in [0.2, 0.25) is 0 Å². The summed E-state index contributed by atoms with van der Waals surface area (Å²) >= 11 is 0. The molecule has 0 aliphatic carbocycles. The fourth-order valence-electron chi connectivity index (χ4n) is 9.06. The van der Waals surface area contributed by atoms with Crippen LogP contribution < -0.4 is 10.9 Å². The summed E-state index contributed by atoms with van der Waals surface area (Å²) in [5, 5.41) is 7.32. The predicted molar refractivity (Wildman–Crippen MR) is 323 cm³/mol. The van der Waals surface area contributed by atoms with Gasteiger partial charge in [0.25, 0.3) is 5.56 Å². The van der Waals surface area contributed by atoms with Crippen molar-refractivity contribution in [2.24, 2.45) is 33.2 Å². The lowest BCUT2D eigenvalue weighted by molar-refractivity contribution is 0.505. The van der Waals surface area contributed by atoms with Crippen molar-refractivity contribution in [2.45, 2.75) is 134 Å².